The molecule has 0 amide bonds. The molecule has 88 valence electrons. The number of Topliss-reactive ketones (excluding diaryl/α,β-unsaturated/α-hetero) is 1. The van der Waals surface area contributed by atoms with E-state index >= 15 is 0 Å². The molecule has 1 aromatic carbocycles. The largest absolute Gasteiger partial charge is 0.496 e. The van der Waals surface area contributed by atoms with Crippen molar-refractivity contribution in [2.75, 3.05) is 7.11 Å². The molecule has 0 bridgehead atoms. The van der Waals surface area contributed by atoms with Gasteiger partial charge in [0.2, 0.25) is 0 Å². The molecule has 16 heavy (non-hydrogen) atoms. The Balaban J connectivity index is 3.20. The number of ketones is 1. The van der Waals surface area contributed by atoms with Crippen LogP contribution in [0.3, 0.4) is 0 Å². The Hall–Kier alpha value is -0.830. The van der Waals surface area contributed by atoms with Crippen LogP contribution in [0.5, 0.6) is 5.75 Å². The van der Waals surface area contributed by atoms with Gasteiger partial charge in [-0.25, -0.2) is 0 Å². The van der Waals surface area contributed by atoms with Gasteiger partial charge in [0.15, 0.2) is 0 Å². The smallest absolute Gasteiger partial charge is 0.134 e. The minimum Gasteiger partial charge on any atom is -0.496 e. The van der Waals surface area contributed by atoms with E-state index in [-0.39, 0.29) is 5.78 Å². The van der Waals surface area contributed by atoms with Crippen molar-refractivity contribution in [3.8, 4) is 5.75 Å². The third kappa shape index (κ3) is 3.08. The molecule has 0 saturated carbocycles. The van der Waals surface area contributed by atoms with Crippen LogP contribution >= 0.6 is 15.9 Å². The van der Waals surface area contributed by atoms with E-state index in [0.717, 1.165) is 21.3 Å². The van der Waals surface area contributed by atoms with E-state index in [0.29, 0.717) is 12.3 Å². The van der Waals surface area contributed by atoms with Gasteiger partial charge in [-0.1, -0.05) is 29.8 Å². The Bertz CT molecular complexity index is 397. The molecule has 0 radical (unpaired) electrons. The Kier molecular flexibility index (Phi) is 4.54. The van der Waals surface area contributed by atoms with Gasteiger partial charge in [0.25, 0.3) is 0 Å². The maximum atomic E-state index is 11.1. The lowest BCUT2D eigenvalue weighted by Gasteiger charge is -2.15. The number of halogens is 1. The van der Waals surface area contributed by atoms with Gasteiger partial charge in [0, 0.05) is 16.5 Å². The molecule has 0 unspecified atom stereocenters. The molecular weight excluding hydrogens is 268 g/mol. The van der Waals surface area contributed by atoms with Gasteiger partial charge in [0.1, 0.15) is 11.5 Å². The zero-order valence-corrected chi connectivity index (χ0v) is 11.7. The monoisotopic (exact) mass is 284 g/mol. The van der Waals surface area contributed by atoms with Crippen LogP contribution in [0.1, 0.15) is 37.8 Å². The Morgan fingerprint density at radius 2 is 2.06 bits per heavy atom. The summed E-state index contributed by atoms with van der Waals surface area (Å²) in [4.78, 5) is 11.1. The average molecular weight is 285 g/mol. The van der Waals surface area contributed by atoms with Gasteiger partial charge in [-0.2, -0.15) is 0 Å². The molecule has 1 rings (SSSR count). The van der Waals surface area contributed by atoms with E-state index in [9.17, 15) is 4.79 Å². The number of methoxy groups -OCH3 is 1. The first-order chi connectivity index (χ1) is 7.45. The van der Waals surface area contributed by atoms with Crippen molar-refractivity contribution in [2.45, 2.75) is 33.1 Å². The number of hydrogen-bond donors (Lipinski definition) is 0. The topological polar surface area (TPSA) is 26.3 Å². The summed E-state index contributed by atoms with van der Waals surface area (Å²) < 4.78 is 6.38. The van der Waals surface area contributed by atoms with E-state index in [1.807, 2.05) is 12.1 Å². The molecule has 0 saturated heterocycles. The SMILES string of the molecule is COc1cc(CC(C)=O)cc(Br)c1C(C)C. The molecule has 0 fully saturated rings. The van der Waals surface area contributed by atoms with Gasteiger partial charge in [-0.3, -0.25) is 4.79 Å². The summed E-state index contributed by atoms with van der Waals surface area (Å²) in [5.74, 6) is 1.39. The summed E-state index contributed by atoms with van der Waals surface area (Å²) in [5.41, 5.74) is 2.13. The van der Waals surface area contributed by atoms with Crippen LogP contribution in [0.4, 0.5) is 0 Å². The van der Waals surface area contributed by atoms with Gasteiger partial charge < -0.3 is 4.74 Å². The summed E-state index contributed by atoms with van der Waals surface area (Å²) in [6.07, 6.45) is 0.452. The number of carbonyl (C=O) groups is 1. The highest BCUT2D eigenvalue weighted by Crippen LogP contribution is 2.34. The van der Waals surface area contributed by atoms with Gasteiger partial charge in [-0.05, 0) is 30.5 Å². The van der Waals surface area contributed by atoms with Gasteiger partial charge in [0.05, 0.1) is 7.11 Å². The van der Waals surface area contributed by atoms with Crippen molar-refractivity contribution >= 4 is 21.7 Å². The highest BCUT2D eigenvalue weighted by molar-refractivity contribution is 9.10. The first-order valence-corrected chi connectivity index (χ1v) is 6.10. The average Bonchev–Trinajstić information content (AvgIpc) is 2.14. The second kappa shape index (κ2) is 5.48. The molecule has 0 atom stereocenters. The van der Waals surface area contributed by atoms with Crippen LogP contribution in [0.2, 0.25) is 0 Å². The van der Waals surface area contributed by atoms with Gasteiger partial charge >= 0.3 is 0 Å². The molecule has 0 heterocycles. The molecule has 0 aromatic heterocycles. The Morgan fingerprint density at radius 3 is 2.50 bits per heavy atom. The Labute approximate surface area is 105 Å². The normalized spacial score (nSPS) is 10.6. The molecule has 0 aliphatic carbocycles. The summed E-state index contributed by atoms with van der Waals surface area (Å²) in [7, 11) is 1.66. The van der Waals surface area contributed by atoms with Crippen LogP contribution in [0, 0.1) is 0 Å². The quantitative estimate of drug-likeness (QED) is 0.843. The standard InChI is InChI=1S/C13H17BrO2/c1-8(2)13-11(14)6-10(5-9(3)15)7-12(13)16-4/h6-8H,5H2,1-4H3. The fourth-order valence-corrected chi connectivity index (χ4v) is 2.71. The van der Waals surface area contributed by atoms with E-state index < -0.39 is 0 Å². The maximum Gasteiger partial charge on any atom is 0.134 e. The Morgan fingerprint density at radius 1 is 1.44 bits per heavy atom. The summed E-state index contributed by atoms with van der Waals surface area (Å²) >= 11 is 3.54. The number of benzene rings is 1. The molecule has 1 aromatic rings. The molecule has 0 N–H and O–H groups in total. The molecule has 0 aliphatic heterocycles. The highest BCUT2D eigenvalue weighted by atomic mass is 79.9. The van der Waals surface area contributed by atoms with Crippen molar-refractivity contribution in [3.05, 3.63) is 27.7 Å². The van der Waals surface area contributed by atoms with E-state index in [1.54, 1.807) is 14.0 Å². The molecule has 2 nitrogen and oxygen atoms in total. The van der Waals surface area contributed by atoms with Crippen LogP contribution < -0.4 is 4.74 Å². The first-order valence-electron chi connectivity index (χ1n) is 5.31. The van der Waals surface area contributed by atoms with Crippen molar-refractivity contribution in [2.24, 2.45) is 0 Å². The van der Waals surface area contributed by atoms with E-state index in [2.05, 4.69) is 29.8 Å². The van der Waals surface area contributed by atoms with Crippen molar-refractivity contribution in [3.63, 3.8) is 0 Å². The second-order valence-electron chi connectivity index (χ2n) is 4.23. The minimum absolute atomic E-state index is 0.159. The second-order valence-corrected chi connectivity index (χ2v) is 5.08. The van der Waals surface area contributed by atoms with Crippen LogP contribution in [0.25, 0.3) is 0 Å². The fraction of sp³-hybridized carbons (Fsp3) is 0.462. The van der Waals surface area contributed by atoms with E-state index in [4.69, 9.17) is 4.74 Å². The molecule has 0 spiro atoms. The van der Waals surface area contributed by atoms with Crippen LogP contribution in [0.15, 0.2) is 16.6 Å². The molecular formula is C13H17BrO2. The predicted octanol–water partition coefficient (Wildman–Crippen LogP) is 3.71. The zero-order valence-electron chi connectivity index (χ0n) is 10.1. The maximum absolute atomic E-state index is 11.1. The molecule has 0 aliphatic rings. The van der Waals surface area contributed by atoms with Crippen molar-refractivity contribution < 1.29 is 9.53 Å². The first kappa shape index (κ1) is 13.2. The number of carbonyl (C=O) groups excluding carboxylic acids is 1. The lowest BCUT2D eigenvalue weighted by molar-refractivity contribution is -0.116. The fourth-order valence-electron chi connectivity index (χ4n) is 1.76. The number of hydrogen-bond acceptors (Lipinski definition) is 2. The number of rotatable bonds is 4. The van der Waals surface area contributed by atoms with E-state index in [1.165, 1.54) is 0 Å². The van der Waals surface area contributed by atoms with Crippen LogP contribution in [-0.2, 0) is 11.2 Å². The van der Waals surface area contributed by atoms with Crippen molar-refractivity contribution in [1.82, 2.24) is 0 Å². The number of ether oxygens (including phenoxy) is 1. The third-order valence-corrected chi connectivity index (χ3v) is 3.06. The summed E-state index contributed by atoms with van der Waals surface area (Å²) in [6, 6.07) is 3.95. The predicted molar refractivity (Wildman–Crippen MR) is 69.2 cm³/mol. The lowest BCUT2D eigenvalue weighted by Crippen LogP contribution is -2.01. The van der Waals surface area contributed by atoms with Gasteiger partial charge in [-0.15, -0.1) is 0 Å². The summed E-state index contributed by atoms with van der Waals surface area (Å²) in [5, 5.41) is 0. The highest BCUT2D eigenvalue weighted by Gasteiger charge is 2.13. The van der Waals surface area contributed by atoms with Crippen LogP contribution in [-0.4, -0.2) is 12.9 Å². The summed E-state index contributed by atoms with van der Waals surface area (Å²) in [6.45, 7) is 5.83. The minimum atomic E-state index is 0.159. The zero-order chi connectivity index (χ0) is 12.3. The third-order valence-electron chi connectivity index (χ3n) is 2.40. The van der Waals surface area contributed by atoms with Crippen molar-refractivity contribution in [1.29, 1.82) is 0 Å². The molecule has 3 heteroatoms. The lowest BCUT2D eigenvalue weighted by atomic mass is 9.98.